The maximum atomic E-state index is 10.6. The second-order valence-corrected chi connectivity index (χ2v) is 5.57. The number of halogens is 1. The highest BCUT2D eigenvalue weighted by molar-refractivity contribution is 9.10. The maximum Gasteiger partial charge on any atom is 0.119 e. The number of ether oxygens (including phenoxy) is 1. The lowest BCUT2D eigenvalue weighted by atomic mass is 9.98. The van der Waals surface area contributed by atoms with Crippen molar-refractivity contribution >= 4 is 15.9 Å². The van der Waals surface area contributed by atoms with E-state index < -0.39 is 6.10 Å². The van der Waals surface area contributed by atoms with Crippen LogP contribution in [-0.4, -0.2) is 12.2 Å². The van der Waals surface area contributed by atoms with E-state index in [1.165, 1.54) is 0 Å². The molecule has 1 atom stereocenters. The minimum atomic E-state index is -0.664. The Labute approximate surface area is 122 Å². The van der Waals surface area contributed by atoms with Gasteiger partial charge in [-0.3, -0.25) is 0 Å². The zero-order valence-corrected chi connectivity index (χ0v) is 12.9. The third-order valence-corrected chi connectivity index (χ3v) is 3.78. The predicted octanol–water partition coefficient (Wildman–Crippen LogP) is 4.16. The largest absolute Gasteiger partial charge is 0.497 e. The third-order valence-electron chi connectivity index (χ3n) is 3.06. The normalized spacial score (nSPS) is 12.3. The fourth-order valence-corrected chi connectivity index (χ4v) is 2.67. The van der Waals surface area contributed by atoms with Crippen LogP contribution in [0.2, 0.25) is 0 Å². The molecule has 1 unspecified atom stereocenters. The van der Waals surface area contributed by atoms with Gasteiger partial charge in [-0.05, 0) is 37.6 Å². The molecule has 0 saturated carbocycles. The summed E-state index contributed by atoms with van der Waals surface area (Å²) in [6, 6.07) is 11.7. The molecule has 0 aliphatic carbocycles. The van der Waals surface area contributed by atoms with Gasteiger partial charge >= 0.3 is 0 Å². The number of hydrogen-bond donors (Lipinski definition) is 1. The van der Waals surface area contributed by atoms with Gasteiger partial charge in [0.15, 0.2) is 0 Å². The van der Waals surface area contributed by atoms with Crippen LogP contribution in [0.1, 0.15) is 28.4 Å². The Morgan fingerprint density at radius 3 is 2.26 bits per heavy atom. The lowest BCUT2D eigenvalue weighted by molar-refractivity contribution is 0.219. The van der Waals surface area contributed by atoms with Crippen molar-refractivity contribution < 1.29 is 9.84 Å². The van der Waals surface area contributed by atoms with Crippen LogP contribution >= 0.6 is 15.9 Å². The summed E-state index contributed by atoms with van der Waals surface area (Å²) in [7, 11) is 1.62. The SMILES string of the molecule is COc1ccc(Br)c(C(O)c2cc(C)cc(C)c2)c1. The Morgan fingerprint density at radius 1 is 1.05 bits per heavy atom. The summed E-state index contributed by atoms with van der Waals surface area (Å²) in [6.07, 6.45) is -0.664. The lowest BCUT2D eigenvalue weighted by Crippen LogP contribution is -2.02. The Bertz CT molecular complexity index is 573. The predicted molar refractivity (Wildman–Crippen MR) is 80.7 cm³/mol. The Morgan fingerprint density at radius 2 is 1.68 bits per heavy atom. The molecule has 3 heteroatoms. The fraction of sp³-hybridized carbons (Fsp3) is 0.250. The Kier molecular flexibility index (Phi) is 4.27. The van der Waals surface area contributed by atoms with Crippen molar-refractivity contribution in [3.8, 4) is 5.75 Å². The van der Waals surface area contributed by atoms with Gasteiger partial charge in [0, 0.05) is 10.0 Å². The second kappa shape index (κ2) is 5.76. The molecule has 0 aromatic heterocycles. The van der Waals surface area contributed by atoms with Crippen LogP contribution in [0.3, 0.4) is 0 Å². The summed E-state index contributed by atoms with van der Waals surface area (Å²) in [5.74, 6) is 0.738. The Hall–Kier alpha value is -1.32. The zero-order valence-electron chi connectivity index (χ0n) is 11.3. The van der Waals surface area contributed by atoms with Gasteiger partial charge in [0.25, 0.3) is 0 Å². The number of aliphatic hydroxyl groups is 1. The van der Waals surface area contributed by atoms with Crippen LogP contribution < -0.4 is 4.74 Å². The van der Waals surface area contributed by atoms with E-state index in [0.29, 0.717) is 0 Å². The first-order valence-corrected chi connectivity index (χ1v) is 6.90. The highest BCUT2D eigenvalue weighted by Crippen LogP contribution is 2.32. The molecule has 2 nitrogen and oxygen atoms in total. The van der Waals surface area contributed by atoms with Gasteiger partial charge in [-0.25, -0.2) is 0 Å². The molecule has 0 fully saturated rings. The molecule has 0 radical (unpaired) electrons. The minimum absolute atomic E-state index is 0.664. The van der Waals surface area contributed by atoms with Crippen molar-refractivity contribution in [2.24, 2.45) is 0 Å². The molecule has 0 amide bonds. The Balaban J connectivity index is 2.45. The standard InChI is InChI=1S/C16H17BrO2/c1-10-6-11(2)8-12(7-10)16(18)14-9-13(19-3)4-5-15(14)17/h4-9,16,18H,1-3H3. The van der Waals surface area contributed by atoms with Gasteiger partial charge in [0.2, 0.25) is 0 Å². The van der Waals surface area contributed by atoms with Crippen LogP contribution in [0, 0.1) is 13.8 Å². The quantitative estimate of drug-likeness (QED) is 0.920. The van der Waals surface area contributed by atoms with Crippen LogP contribution in [0.15, 0.2) is 40.9 Å². The third kappa shape index (κ3) is 3.17. The molecule has 2 aromatic carbocycles. The number of methoxy groups -OCH3 is 1. The molecule has 0 saturated heterocycles. The summed E-state index contributed by atoms with van der Waals surface area (Å²) >= 11 is 3.48. The van der Waals surface area contributed by atoms with E-state index >= 15 is 0 Å². The van der Waals surface area contributed by atoms with Gasteiger partial charge in [-0.2, -0.15) is 0 Å². The number of aryl methyl sites for hydroxylation is 2. The summed E-state index contributed by atoms with van der Waals surface area (Å²) < 4.78 is 6.09. The summed E-state index contributed by atoms with van der Waals surface area (Å²) in [5, 5.41) is 10.6. The highest BCUT2D eigenvalue weighted by atomic mass is 79.9. The summed E-state index contributed by atoms with van der Waals surface area (Å²) in [5.41, 5.74) is 4.00. The van der Waals surface area contributed by atoms with Gasteiger partial charge in [0.05, 0.1) is 7.11 Å². The van der Waals surface area contributed by atoms with Crippen molar-refractivity contribution in [2.75, 3.05) is 7.11 Å². The van der Waals surface area contributed by atoms with E-state index in [-0.39, 0.29) is 0 Å². The molecule has 0 heterocycles. The van der Waals surface area contributed by atoms with Gasteiger partial charge in [0.1, 0.15) is 11.9 Å². The van der Waals surface area contributed by atoms with Crippen LogP contribution in [0.4, 0.5) is 0 Å². The van der Waals surface area contributed by atoms with E-state index in [9.17, 15) is 5.11 Å². The van der Waals surface area contributed by atoms with Gasteiger partial charge in [-0.1, -0.05) is 45.3 Å². The van der Waals surface area contributed by atoms with E-state index in [0.717, 1.165) is 32.5 Å². The molecule has 100 valence electrons. The topological polar surface area (TPSA) is 29.5 Å². The zero-order chi connectivity index (χ0) is 14.0. The van der Waals surface area contributed by atoms with Crippen LogP contribution in [-0.2, 0) is 0 Å². The fourth-order valence-electron chi connectivity index (χ4n) is 2.21. The van der Waals surface area contributed by atoms with Crippen molar-refractivity contribution in [1.82, 2.24) is 0 Å². The van der Waals surface area contributed by atoms with E-state index in [2.05, 4.69) is 22.0 Å². The van der Waals surface area contributed by atoms with Gasteiger partial charge < -0.3 is 9.84 Å². The van der Waals surface area contributed by atoms with Crippen molar-refractivity contribution in [1.29, 1.82) is 0 Å². The minimum Gasteiger partial charge on any atom is -0.497 e. The van der Waals surface area contributed by atoms with Crippen molar-refractivity contribution in [2.45, 2.75) is 20.0 Å². The van der Waals surface area contributed by atoms with Crippen molar-refractivity contribution in [3.63, 3.8) is 0 Å². The highest BCUT2D eigenvalue weighted by Gasteiger charge is 2.15. The first-order valence-electron chi connectivity index (χ1n) is 6.11. The summed E-state index contributed by atoms with van der Waals surface area (Å²) in [4.78, 5) is 0. The molecule has 1 N–H and O–H groups in total. The van der Waals surface area contributed by atoms with Crippen molar-refractivity contribution in [3.05, 3.63) is 63.1 Å². The molecule has 0 aliphatic heterocycles. The molecule has 0 spiro atoms. The molecular formula is C16H17BrO2. The average Bonchev–Trinajstić information content (AvgIpc) is 2.37. The first-order chi connectivity index (χ1) is 9.01. The average molecular weight is 321 g/mol. The van der Waals surface area contributed by atoms with Crippen LogP contribution in [0.5, 0.6) is 5.75 Å². The molecule has 2 rings (SSSR count). The molecule has 0 bridgehead atoms. The first kappa shape index (κ1) is 14.1. The molecule has 2 aromatic rings. The van der Waals surface area contributed by atoms with Crippen LogP contribution in [0.25, 0.3) is 0 Å². The van der Waals surface area contributed by atoms with E-state index in [1.807, 2.05) is 44.2 Å². The van der Waals surface area contributed by atoms with E-state index in [4.69, 9.17) is 4.74 Å². The number of hydrogen-bond acceptors (Lipinski definition) is 2. The van der Waals surface area contributed by atoms with E-state index in [1.54, 1.807) is 7.11 Å². The monoisotopic (exact) mass is 320 g/mol. The van der Waals surface area contributed by atoms with Gasteiger partial charge in [-0.15, -0.1) is 0 Å². The second-order valence-electron chi connectivity index (χ2n) is 4.71. The molecule has 19 heavy (non-hydrogen) atoms. The molecular weight excluding hydrogens is 304 g/mol. The molecule has 0 aliphatic rings. The number of rotatable bonds is 3. The number of benzene rings is 2. The lowest BCUT2D eigenvalue weighted by Gasteiger charge is -2.16. The maximum absolute atomic E-state index is 10.6. The smallest absolute Gasteiger partial charge is 0.119 e. The number of aliphatic hydroxyl groups excluding tert-OH is 1. The summed E-state index contributed by atoms with van der Waals surface area (Å²) in [6.45, 7) is 4.06.